The number of imidazole rings is 1. The zero-order chi connectivity index (χ0) is 23.7. The maximum absolute atomic E-state index is 12.9. The van der Waals surface area contributed by atoms with Gasteiger partial charge in [0.05, 0.1) is 49.2 Å². The minimum Gasteiger partial charge on any atom is -0.493 e. The minimum absolute atomic E-state index is 0.0293. The van der Waals surface area contributed by atoms with Crippen molar-refractivity contribution in [1.29, 1.82) is 0 Å². The van der Waals surface area contributed by atoms with E-state index in [2.05, 4.69) is 15.3 Å². The molecular weight excluding hydrogens is 430 g/mol. The van der Waals surface area contributed by atoms with Crippen molar-refractivity contribution < 1.29 is 23.9 Å². The molecule has 0 radical (unpaired) electrons. The summed E-state index contributed by atoms with van der Waals surface area (Å²) in [6.45, 7) is 0. The summed E-state index contributed by atoms with van der Waals surface area (Å²) >= 11 is 0. The van der Waals surface area contributed by atoms with E-state index in [1.807, 2.05) is 0 Å². The first-order valence-corrected chi connectivity index (χ1v) is 9.76. The van der Waals surface area contributed by atoms with Crippen LogP contribution in [0.4, 0.5) is 11.4 Å². The van der Waals surface area contributed by atoms with Crippen molar-refractivity contribution >= 4 is 28.3 Å². The first-order valence-electron chi connectivity index (χ1n) is 9.76. The number of aromatic nitrogens is 3. The Hall–Kier alpha value is -4.54. The highest BCUT2D eigenvalue weighted by atomic mass is 16.6. The van der Waals surface area contributed by atoms with Gasteiger partial charge in [-0.15, -0.1) is 0 Å². The van der Waals surface area contributed by atoms with E-state index in [4.69, 9.17) is 14.2 Å². The molecule has 0 fully saturated rings. The summed E-state index contributed by atoms with van der Waals surface area (Å²) in [6, 6.07) is 9.72. The molecule has 0 aliphatic heterocycles. The van der Waals surface area contributed by atoms with Crippen LogP contribution < -0.4 is 19.5 Å². The molecule has 0 aliphatic rings. The number of nitro groups is 1. The van der Waals surface area contributed by atoms with Gasteiger partial charge in [0.1, 0.15) is 0 Å². The SMILES string of the molecule is COc1cc(NC(=O)c2ccc3nc(-c4cc([N+](=O)[O-])cn4C)[nH]c3c2)cc(OC)c1OC. The fourth-order valence-electron chi connectivity index (χ4n) is 3.51. The standard InChI is InChI=1S/C22H21N5O6/c1-26-11-14(27(29)30)10-17(26)21-24-15-6-5-12(7-16(15)25-21)22(28)23-13-8-18(31-2)20(33-4)19(9-13)32-3/h5-11H,1-4H3,(H,23,28)(H,24,25). The number of anilines is 1. The van der Waals surface area contributed by atoms with E-state index in [0.29, 0.717) is 51.1 Å². The van der Waals surface area contributed by atoms with Gasteiger partial charge in [0.25, 0.3) is 11.6 Å². The predicted octanol–water partition coefficient (Wildman–Crippen LogP) is 3.75. The smallest absolute Gasteiger partial charge is 0.287 e. The Kier molecular flexibility index (Phi) is 5.61. The van der Waals surface area contributed by atoms with E-state index in [0.717, 1.165) is 0 Å². The zero-order valence-electron chi connectivity index (χ0n) is 18.3. The second kappa shape index (κ2) is 8.54. The molecule has 2 aromatic heterocycles. The molecule has 0 aliphatic carbocycles. The normalized spacial score (nSPS) is 10.8. The Morgan fingerprint density at radius 1 is 1.09 bits per heavy atom. The lowest BCUT2D eigenvalue weighted by atomic mass is 10.1. The van der Waals surface area contributed by atoms with Crippen LogP contribution in [0.1, 0.15) is 10.4 Å². The Bertz CT molecular complexity index is 1350. The summed E-state index contributed by atoms with van der Waals surface area (Å²) in [5, 5.41) is 13.9. The molecule has 2 aromatic carbocycles. The van der Waals surface area contributed by atoms with Crippen LogP contribution in [0, 0.1) is 10.1 Å². The molecule has 2 N–H and O–H groups in total. The monoisotopic (exact) mass is 451 g/mol. The number of amides is 1. The van der Waals surface area contributed by atoms with Gasteiger partial charge in [-0.25, -0.2) is 4.98 Å². The van der Waals surface area contributed by atoms with Crippen LogP contribution in [0.25, 0.3) is 22.6 Å². The molecule has 170 valence electrons. The predicted molar refractivity (Wildman–Crippen MR) is 121 cm³/mol. The number of nitrogens with zero attached hydrogens (tertiary/aromatic N) is 3. The Morgan fingerprint density at radius 3 is 2.36 bits per heavy atom. The third-order valence-corrected chi connectivity index (χ3v) is 5.11. The summed E-state index contributed by atoms with van der Waals surface area (Å²) in [5.41, 5.74) is 2.63. The summed E-state index contributed by atoms with van der Waals surface area (Å²) < 4.78 is 17.6. The topological polar surface area (TPSA) is 134 Å². The van der Waals surface area contributed by atoms with Crippen LogP contribution in [0.5, 0.6) is 17.2 Å². The average Bonchev–Trinajstić information content (AvgIpc) is 3.40. The average molecular weight is 451 g/mol. The fraction of sp³-hybridized carbons (Fsp3) is 0.182. The quantitative estimate of drug-likeness (QED) is 0.323. The van der Waals surface area contributed by atoms with Gasteiger partial charge in [-0.05, 0) is 18.2 Å². The van der Waals surface area contributed by atoms with Crippen LogP contribution in [0.3, 0.4) is 0 Å². The van der Waals surface area contributed by atoms with E-state index in [9.17, 15) is 14.9 Å². The maximum atomic E-state index is 12.9. The molecule has 0 bridgehead atoms. The lowest BCUT2D eigenvalue weighted by molar-refractivity contribution is -0.384. The first-order chi connectivity index (χ1) is 15.8. The number of aryl methyl sites for hydroxylation is 1. The summed E-state index contributed by atoms with van der Waals surface area (Å²) in [6.07, 6.45) is 1.42. The van der Waals surface area contributed by atoms with Crippen molar-refractivity contribution in [2.45, 2.75) is 0 Å². The van der Waals surface area contributed by atoms with Gasteiger partial charge in [-0.3, -0.25) is 14.9 Å². The van der Waals surface area contributed by atoms with E-state index in [1.54, 1.807) is 41.9 Å². The molecule has 0 saturated carbocycles. The number of aromatic amines is 1. The molecule has 0 atom stereocenters. The van der Waals surface area contributed by atoms with Crippen molar-refractivity contribution in [2.75, 3.05) is 26.6 Å². The molecule has 11 nitrogen and oxygen atoms in total. The van der Waals surface area contributed by atoms with Crippen molar-refractivity contribution in [3.8, 4) is 28.8 Å². The summed E-state index contributed by atoms with van der Waals surface area (Å²) in [7, 11) is 6.19. The molecule has 4 aromatic rings. The van der Waals surface area contributed by atoms with Gasteiger partial charge in [-0.1, -0.05) is 0 Å². The minimum atomic E-state index is -0.461. The molecule has 0 spiro atoms. The van der Waals surface area contributed by atoms with Crippen LogP contribution in [0.15, 0.2) is 42.6 Å². The number of nitrogens with one attached hydrogen (secondary N) is 2. The lowest BCUT2D eigenvalue weighted by Crippen LogP contribution is -2.12. The number of fused-ring (bicyclic) bond motifs is 1. The van der Waals surface area contributed by atoms with Crippen LogP contribution in [0.2, 0.25) is 0 Å². The first kappa shape index (κ1) is 21.7. The van der Waals surface area contributed by atoms with Gasteiger partial charge >= 0.3 is 0 Å². The van der Waals surface area contributed by atoms with Gasteiger partial charge in [0.2, 0.25) is 5.75 Å². The fourth-order valence-corrected chi connectivity index (χ4v) is 3.51. The number of hydrogen-bond acceptors (Lipinski definition) is 7. The van der Waals surface area contributed by atoms with E-state index < -0.39 is 4.92 Å². The molecule has 0 saturated heterocycles. The molecule has 4 rings (SSSR count). The van der Waals surface area contributed by atoms with Gasteiger partial charge in [0, 0.05) is 36.5 Å². The number of ether oxygens (including phenoxy) is 3. The Labute approximate surface area is 188 Å². The molecule has 2 heterocycles. The van der Waals surface area contributed by atoms with Crippen LogP contribution >= 0.6 is 0 Å². The number of H-pyrrole nitrogens is 1. The van der Waals surface area contributed by atoms with Crippen molar-refractivity contribution in [1.82, 2.24) is 14.5 Å². The Morgan fingerprint density at radius 2 is 1.79 bits per heavy atom. The maximum Gasteiger partial charge on any atom is 0.287 e. The highest BCUT2D eigenvalue weighted by molar-refractivity contribution is 6.06. The second-order valence-electron chi connectivity index (χ2n) is 7.14. The van der Waals surface area contributed by atoms with Gasteiger partial charge in [-0.2, -0.15) is 0 Å². The number of rotatable bonds is 7. The zero-order valence-corrected chi connectivity index (χ0v) is 18.3. The molecule has 0 unspecified atom stereocenters. The highest BCUT2D eigenvalue weighted by Gasteiger charge is 2.18. The van der Waals surface area contributed by atoms with Gasteiger partial charge < -0.3 is 29.1 Å². The number of hydrogen-bond donors (Lipinski definition) is 2. The number of carbonyl (C=O) groups is 1. The number of benzene rings is 2. The van der Waals surface area contributed by atoms with E-state index in [-0.39, 0.29) is 11.6 Å². The van der Waals surface area contributed by atoms with E-state index in [1.165, 1.54) is 33.6 Å². The van der Waals surface area contributed by atoms with Gasteiger partial charge in [0.15, 0.2) is 17.3 Å². The largest absolute Gasteiger partial charge is 0.493 e. The molecular formula is C22H21N5O6. The number of carbonyl (C=O) groups excluding carboxylic acids is 1. The summed E-state index contributed by atoms with van der Waals surface area (Å²) in [4.78, 5) is 31.1. The third-order valence-electron chi connectivity index (χ3n) is 5.11. The van der Waals surface area contributed by atoms with E-state index >= 15 is 0 Å². The van der Waals surface area contributed by atoms with Crippen molar-refractivity contribution in [2.24, 2.45) is 7.05 Å². The molecule has 11 heteroatoms. The highest BCUT2D eigenvalue weighted by Crippen LogP contribution is 2.40. The van der Waals surface area contributed by atoms with Crippen LogP contribution in [-0.4, -0.2) is 46.7 Å². The second-order valence-corrected chi connectivity index (χ2v) is 7.14. The molecule has 33 heavy (non-hydrogen) atoms. The molecule has 1 amide bonds. The lowest BCUT2D eigenvalue weighted by Gasteiger charge is -2.14. The van der Waals surface area contributed by atoms with Crippen LogP contribution in [-0.2, 0) is 7.05 Å². The third kappa shape index (κ3) is 4.03. The Balaban J connectivity index is 1.63. The van der Waals surface area contributed by atoms with Crippen molar-refractivity contribution in [3.05, 3.63) is 58.3 Å². The summed E-state index contributed by atoms with van der Waals surface area (Å²) in [5.74, 6) is 1.36. The number of methoxy groups -OCH3 is 3. The van der Waals surface area contributed by atoms with Crippen molar-refractivity contribution in [3.63, 3.8) is 0 Å².